The van der Waals surface area contributed by atoms with Crippen LogP contribution in [0.2, 0.25) is 0 Å². The summed E-state index contributed by atoms with van der Waals surface area (Å²) < 4.78 is 0. The Bertz CT molecular complexity index is 297. The highest BCUT2D eigenvalue weighted by atomic mass is 16.3. The third-order valence-electron chi connectivity index (χ3n) is 5.04. The summed E-state index contributed by atoms with van der Waals surface area (Å²) in [5, 5.41) is 12.9. The molecular weight excluding hydrogens is 228 g/mol. The van der Waals surface area contributed by atoms with Crippen molar-refractivity contribution in [1.29, 1.82) is 0 Å². The maximum atomic E-state index is 12.5. The highest BCUT2D eigenvalue weighted by Crippen LogP contribution is 2.35. The number of piperidine rings is 1. The van der Waals surface area contributed by atoms with Crippen LogP contribution in [0, 0.1) is 5.41 Å². The van der Waals surface area contributed by atoms with Gasteiger partial charge in [-0.2, -0.15) is 0 Å². The second-order valence-electron chi connectivity index (χ2n) is 6.17. The van der Waals surface area contributed by atoms with E-state index in [1.165, 1.54) is 0 Å². The number of hydrogen-bond acceptors (Lipinski definition) is 3. The summed E-state index contributed by atoms with van der Waals surface area (Å²) in [6.45, 7) is 6.95. The van der Waals surface area contributed by atoms with E-state index in [4.69, 9.17) is 0 Å². The summed E-state index contributed by atoms with van der Waals surface area (Å²) in [5.41, 5.74) is -0.285. The molecule has 0 spiro atoms. The van der Waals surface area contributed by atoms with Gasteiger partial charge in [0.1, 0.15) is 0 Å². The summed E-state index contributed by atoms with van der Waals surface area (Å²) in [4.78, 5) is 14.5. The van der Waals surface area contributed by atoms with E-state index in [1.807, 2.05) is 11.8 Å². The largest absolute Gasteiger partial charge is 0.396 e. The smallest absolute Gasteiger partial charge is 0.242 e. The van der Waals surface area contributed by atoms with Crippen LogP contribution in [-0.2, 0) is 4.79 Å². The maximum Gasteiger partial charge on any atom is 0.242 e. The number of carbonyl (C=O) groups is 1. The van der Waals surface area contributed by atoms with Gasteiger partial charge in [-0.15, -0.1) is 0 Å². The fourth-order valence-corrected chi connectivity index (χ4v) is 3.23. The molecule has 0 bridgehead atoms. The molecule has 2 aliphatic rings. The van der Waals surface area contributed by atoms with E-state index in [1.54, 1.807) is 0 Å². The second-order valence-corrected chi connectivity index (χ2v) is 6.17. The van der Waals surface area contributed by atoms with Crippen molar-refractivity contribution in [3.8, 4) is 0 Å². The van der Waals surface area contributed by atoms with Gasteiger partial charge in [0.2, 0.25) is 5.91 Å². The van der Waals surface area contributed by atoms with Crippen LogP contribution in [-0.4, -0.2) is 47.7 Å². The van der Waals surface area contributed by atoms with Crippen LogP contribution in [0.5, 0.6) is 0 Å². The molecule has 2 heterocycles. The van der Waals surface area contributed by atoms with Crippen LogP contribution < -0.4 is 5.32 Å². The van der Waals surface area contributed by atoms with Crippen LogP contribution in [0.15, 0.2) is 0 Å². The molecule has 0 aliphatic carbocycles. The number of nitrogens with one attached hydrogen (secondary N) is 1. The van der Waals surface area contributed by atoms with Crippen molar-refractivity contribution >= 4 is 5.91 Å². The van der Waals surface area contributed by atoms with E-state index in [0.717, 1.165) is 51.7 Å². The Labute approximate surface area is 110 Å². The number of amides is 1. The molecule has 18 heavy (non-hydrogen) atoms. The molecule has 2 rings (SSSR count). The Morgan fingerprint density at radius 2 is 2.00 bits per heavy atom. The molecular formula is C14H26N2O2. The van der Waals surface area contributed by atoms with E-state index >= 15 is 0 Å². The predicted octanol–water partition coefficient (Wildman–Crippen LogP) is 1.14. The van der Waals surface area contributed by atoms with Crippen molar-refractivity contribution in [3.63, 3.8) is 0 Å². The van der Waals surface area contributed by atoms with Gasteiger partial charge in [0.05, 0.1) is 5.54 Å². The van der Waals surface area contributed by atoms with Crippen molar-refractivity contribution in [2.45, 2.75) is 51.5 Å². The minimum absolute atomic E-state index is 0.0563. The zero-order valence-electron chi connectivity index (χ0n) is 11.7. The fraction of sp³-hybridized carbons (Fsp3) is 0.929. The van der Waals surface area contributed by atoms with E-state index in [9.17, 15) is 9.90 Å². The second kappa shape index (κ2) is 5.17. The Hall–Kier alpha value is -0.610. The predicted molar refractivity (Wildman–Crippen MR) is 71.3 cm³/mol. The van der Waals surface area contributed by atoms with Gasteiger partial charge in [0.15, 0.2) is 0 Å². The molecule has 1 unspecified atom stereocenters. The van der Waals surface area contributed by atoms with Gasteiger partial charge in [-0.1, -0.05) is 6.92 Å². The van der Waals surface area contributed by atoms with Gasteiger partial charge in [-0.05, 0) is 51.0 Å². The average molecular weight is 254 g/mol. The molecule has 4 nitrogen and oxygen atoms in total. The van der Waals surface area contributed by atoms with Gasteiger partial charge in [0.25, 0.3) is 0 Å². The molecule has 0 aromatic carbocycles. The van der Waals surface area contributed by atoms with E-state index in [0.29, 0.717) is 0 Å². The van der Waals surface area contributed by atoms with E-state index in [-0.39, 0.29) is 23.5 Å². The molecule has 1 amide bonds. The number of rotatable bonds is 3. The van der Waals surface area contributed by atoms with Crippen molar-refractivity contribution in [1.82, 2.24) is 10.2 Å². The van der Waals surface area contributed by atoms with Gasteiger partial charge >= 0.3 is 0 Å². The molecule has 1 atom stereocenters. The minimum Gasteiger partial charge on any atom is -0.396 e. The number of nitrogens with zero attached hydrogens (tertiary/aromatic N) is 1. The lowest BCUT2D eigenvalue weighted by Crippen LogP contribution is -2.56. The molecule has 2 saturated heterocycles. The number of likely N-dealkylation sites (tertiary alicyclic amines) is 1. The lowest BCUT2D eigenvalue weighted by molar-refractivity contribution is -0.140. The van der Waals surface area contributed by atoms with Crippen LogP contribution in [0.3, 0.4) is 0 Å². The van der Waals surface area contributed by atoms with Crippen LogP contribution in [0.1, 0.15) is 46.0 Å². The number of carbonyl (C=O) groups excluding carboxylic acids is 1. The number of aliphatic hydroxyl groups is 1. The van der Waals surface area contributed by atoms with Crippen molar-refractivity contribution < 1.29 is 9.90 Å². The van der Waals surface area contributed by atoms with E-state index in [2.05, 4.69) is 12.2 Å². The minimum atomic E-state index is -0.342. The Morgan fingerprint density at radius 1 is 1.33 bits per heavy atom. The zero-order chi connectivity index (χ0) is 13.2. The molecule has 0 aromatic heterocycles. The first-order chi connectivity index (χ1) is 8.55. The molecule has 2 aliphatic heterocycles. The normalized spacial score (nSPS) is 31.6. The van der Waals surface area contributed by atoms with Gasteiger partial charge in [-0.25, -0.2) is 0 Å². The zero-order valence-corrected chi connectivity index (χ0v) is 11.7. The summed E-state index contributed by atoms with van der Waals surface area (Å²) in [6.07, 6.45) is 4.90. The first-order valence-electron chi connectivity index (χ1n) is 7.20. The summed E-state index contributed by atoms with van der Waals surface area (Å²) >= 11 is 0. The van der Waals surface area contributed by atoms with E-state index < -0.39 is 0 Å². The van der Waals surface area contributed by atoms with Crippen LogP contribution >= 0.6 is 0 Å². The number of aliphatic hydroxyl groups excluding tert-OH is 1. The average Bonchev–Trinajstić information content (AvgIpc) is 2.86. The van der Waals surface area contributed by atoms with Crippen molar-refractivity contribution in [3.05, 3.63) is 0 Å². The van der Waals surface area contributed by atoms with Crippen molar-refractivity contribution in [2.75, 3.05) is 26.2 Å². The Morgan fingerprint density at radius 3 is 2.44 bits per heavy atom. The van der Waals surface area contributed by atoms with Crippen LogP contribution in [0.4, 0.5) is 0 Å². The van der Waals surface area contributed by atoms with Gasteiger partial charge < -0.3 is 15.3 Å². The number of hydrogen-bond donors (Lipinski definition) is 2. The summed E-state index contributed by atoms with van der Waals surface area (Å²) in [5.74, 6) is 0.252. The molecule has 0 saturated carbocycles. The lowest BCUT2D eigenvalue weighted by Gasteiger charge is -2.42. The Balaban J connectivity index is 1.95. The van der Waals surface area contributed by atoms with Crippen LogP contribution in [0.25, 0.3) is 0 Å². The first kappa shape index (κ1) is 13.8. The molecule has 2 N–H and O–H groups in total. The standard InChI is InChI=1S/C14H26N2O2/c1-3-14(11-17)6-9-16(10-7-14)12(18)13(2)5-4-8-15-13/h15,17H,3-11H2,1-2H3. The molecule has 0 radical (unpaired) electrons. The molecule has 0 aromatic rings. The SMILES string of the molecule is CCC1(CO)CCN(C(=O)C2(C)CCCN2)CC1. The summed E-state index contributed by atoms with van der Waals surface area (Å²) in [7, 11) is 0. The third-order valence-corrected chi connectivity index (χ3v) is 5.04. The maximum absolute atomic E-state index is 12.5. The summed E-state index contributed by atoms with van der Waals surface area (Å²) in [6, 6.07) is 0. The fourth-order valence-electron chi connectivity index (χ4n) is 3.23. The topological polar surface area (TPSA) is 52.6 Å². The van der Waals surface area contributed by atoms with Gasteiger partial charge in [0, 0.05) is 19.7 Å². The first-order valence-corrected chi connectivity index (χ1v) is 7.20. The molecule has 2 fully saturated rings. The Kier molecular flexibility index (Phi) is 3.97. The molecule has 4 heteroatoms. The quantitative estimate of drug-likeness (QED) is 0.794. The third kappa shape index (κ3) is 2.41. The highest BCUT2D eigenvalue weighted by molar-refractivity contribution is 5.86. The van der Waals surface area contributed by atoms with Crippen molar-refractivity contribution in [2.24, 2.45) is 5.41 Å². The monoisotopic (exact) mass is 254 g/mol. The highest BCUT2D eigenvalue weighted by Gasteiger charge is 2.41. The van der Waals surface area contributed by atoms with Gasteiger partial charge in [-0.3, -0.25) is 4.79 Å². The molecule has 104 valence electrons. The lowest BCUT2D eigenvalue weighted by atomic mass is 9.76.